The Bertz CT molecular complexity index is 369. The zero-order chi connectivity index (χ0) is 13.8. The molecule has 0 radical (unpaired) electrons. The first-order chi connectivity index (χ1) is 9.08. The number of aromatic amines is 1. The van der Waals surface area contributed by atoms with Crippen LogP contribution in [0, 0.1) is 5.92 Å². The lowest BCUT2D eigenvalue weighted by molar-refractivity contribution is -0.135. The quantitative estimate of drug-likeness (QED) is 0.700. The number of ether oxygens (including phenoxy) is 1. The van der Waals surface area contributed by atoms with Crippen LogP contribution in [0.5, 0.6) is 0 Å². The van der Waals surface area contributed by atoms with Crippen molar-refractivity contribution in [2.24, 2.45) is 5.92 Å². The summed E-state index contributed by atoms with van der Waals surface area (Å²) >= 11 is 0. The largest absolute Gasteiger partial charge is 0.389 e. The summed E-state index contributed by atoms with van der Waals surface area (Å²) < 4.78 is 5.37. The molecule has 3 atom stereocenters. The average Bonchev–Trinajstić information content (AvgIpc) is 2.84. The molecule has 0 aromatic carbocycles. The minimum Gasteiger partial charge on any atom is -0.389 e. The van der Waals surface area contributed by atoms with E-state index in [1.807, 2.05) is 0 Å². The molecule has 0 saturated carbocycles. The smallest absolute Gasteiger partial charge is 0.105 e. The molecule has 6 nitrogen and oxygen atoms in total. The van der Waals surface area contributed by atoms with Crippen molar-refractivity contribution in [3.05, 3.63) is 18.2 Å². The highest BCUT2D eigenvalue weighted by Gasteiger charge is 2.35. The molecule has 0 bridgehead atoms. The van der Waals surface area contributed by atoms with Crippen molar-refractivity contribution < 1.29 is 14.9 Å². The highest BCUT2D eigenvalue weighted by molar-refractivity contribution is 4.97. The Balaban J connectivity index is 2.07. The molecule has 1 fully saturated rings. The molecule has 1 aromatic heterocycles. The molecule has 0 aliphatic carbocycles. The maximum absolute atomic E-state index is 10.2. The number of aliphatic hydroxyl groups is 2. The summed E-state index contributed by atoms with van der Waals surface area (Å²) in [6.45, 7) is 6.40. The van der Waals surface area contributed by atoms with Crippen LogP contribution in [0.4, 0.5) is 0 Å². The fourth-order valence-corrected chi connectivity index (χ4v) is 2.46. The van der Waals surface area contributed by atoms with E-state index in [-0.39, 0.29) is 12.6 Å². The Morgan fingerprint density at radius 3 is 2.89 bits per heavy atom. The summed E-state index contributed by atoms with van der Waals surface area (Å²) in [5.74, 6) is 0.467. The Morgan fingerprint density at radius 1 is 1.47 bits per heavy atom. The third kappa shape index (κ3) is 3.76. The Kier molecular flexibility index (Phi) is 4.93. The van der Waals surface area contributed by atoms with Gasteiger partial charge in [0.1, 0.15) is 6.10 Å². The van der Waals surface area contributed by atoms with Crippen LogP contribution in [0.25, 0.3) is 0 Å². The van der Waals surface area contributed by atoms with Gasteiger partial charge >= 0.3 is 0 Å². The van der Waals surface area contributed by atoms with Gasteiger partial charge in [-0.15, -0.1) is 0 Å². The van der Waals surface area contributed by atoms with Gasteiger partial charge in [0, 0.05) is 25.0 Å². The number of H-pyrrole nitrogens is 1. The second-order valence-electron chi connectivity index (χ2n) is 5.56. The summed E-state index contributed by atoms with van der Waals surface area (Å²) in [5, 5.41) is 19.9. The van der Waals surface area contributed by atoms with Crippen molar-refractivity contribution >= 4 is 0 Å². The highest BCUT2D eigenvalue weighted by Crippen LogP contribution is 2.18. The molecule has 1 aromatic rings. The van der Waals surface area contributed by atoms with Crippen LogP contribution in [-0.2, 0) is 11.3 Å². The van der Waals surface area contributed by atoms with Gasteiger partial charge in [0.2, 0.25) is 0 Å². The van der Waals surface area contributed by atoms with Gasteiger partial charge in [-0.3, -0.25) is 4.90 Å². The second-order valence-corrected chi connectivity index (χ2v) is 5.56. The highest BCUT2D eigenvalue weighted by atomic mass is 16.5. The maximum Gasteiger partial charge on any atom is 0.105 e. The van der Waals surface area contributed by atoms with Crippen molar-refractivity contribution in [2.45, 2.75) is 38.6 Å². The van der Waals surface area contributed by atoms with Crippen LogP contribution in [-0.4, -0.2) is 63.1 Å². The fraction of sp³-hybridized carbons (Fsp3) is 0.769. The first-order valence-corrected chi connectivity index (χ1v) is 6.73. The van der Waals surface area contributed by atoms with E-state index in [1.54, 1.807) is 12.5 Å². The lowest BCUT2D eigenvalue weighted by Gasteiger charge is -2.40. The number of aromatic nitrogens is 2. The monoisotopic (exact) mass is 269 g/mol. The van der Waals surface area contributed by atoms with Crippen LogP contribution in [0.15, 0.2) is 12.5 Å². The van der Waals surface area contributed by atoms with Crippen molar-refractivity contribution in [3.8, 4) is 0 Å². The molecule has 0 amide bonds. The molecule has 1 saturated heterocycles. The maximum atomic E-state index is 10.2. The van der Waals surface area contributed by atoms with Crippen LogP contribution in [0.2, 0.25) is 0 Å². The normalized spacial score (nSPS) is 28.2. The minimum absolute atomic E-state index is 0.186. The summed E-state index contributed by atoms with van der Waals surface area (Å²) in [6, 6.07) is -0.186. The van der Waals surface area contributed by atoms with E-state index in [1.165, 1.54) is 0 Å². The SMILES string of the molecule is CC(C)CN(Cc1cnc[nH]1)[C@@H]1COC[C@@H](O)[C@H]1O. The first-order valence-electron chi connectivity index (χ1n) is 6.73. The van der Waals surface area contributed by atoms with E-state index in [0.29, 0.717) is 19.1 Å². The minimum atomic E-state index is -0.810. The van der Waals surface area contributed by atoms with Crippen molar-refractivity contribution in [1.29, 1.82) is 0 Å². The van der Waals surface area contributed by atoms with E-state index < -0.39 is 12.2 Å². The van der Waals surface area contributed by atoms with Crippen LogP contribution in [0.3, 0.4) is 0 Å². The second kappa shape index (κ2) is 6.47. The number of aliphatic hydroxyl groups excluding tert-OH is 2. The molecule has 0 unspecified atom stereocenters. The van der Waals surface area contributed by atoms with Gasteiger partial charge in [-0.1, -0.05) is 13.8 Å². The molecule has 1 aliphatic heterocycles. The van der Waals surface area contributed by atoms with Crippen LogP contribution < -0.4 is 0 Å². The first kappa shape index (κ1) is 14.5. The number of rotatable bonds is 5. The molecule has 0 spiro atoms. The van der Waals surface area contributed by atoms with E-state index >= 15 is 0 Å². The zero-order valence-electron chi connectivity index (χ0n) is 11.5. The molecular formula is C13H23N3O3. The number of hydrogen-bond donors (Lipinski definition) is 3. The van der Waals surface area contributed by atoms with Crippen molar-refractivity contribution in [2.75, 3.05) is 19.8 Å². The van der Waals surface area contributed by atoms with E-state index in [9.17, 15) is 10.2 Å². The van der Waals surface area contributed by atoms with Gasteiger partial charge in [0.15, 0.2) is 0 Å². The molecule has 1 aliphatic rings. The summed E-state index contributed by atoms with van der Waals surface area (Å²) in [5.41, 5.74) is 0.993. The van der Waals surface area contributed by atoms with E-state index in [0.717, 1.165) is 12.2 Å². The molecule has 108 valence electrons. The lowest BCUT2D eigenvalue weighted by Crippen LogP contribution is -2.56. The number of nitrogens with zero attached hydrogens (tertiary/aromatic N) is 2. The Hall–Kier alpha value is -0.950. The van der Waals surface area contributed by atoms with Crippen molar-refractivity contribution in [3.63, 3.8) is 0 Å². The summed E-state index contributed by atoms with van der Waals surface area (Å²) in [6.07, 6.45) is 1.84. The Morgan fingerprint density at radius 2 is 2.26 bits per heavy atom. The molecule has 3 N–H and O–H groups in total. The number of imidazole rings is 1. The van der Waals surface area contributed by atoms with Crippen molar-refractivity contribution in [1.82, 2.24) is 14.9 Å². The van der Waals surface area contributed by atoms with Gasteiger partial charge in [-0.2, -0.15) is 0 Å². The molecule has 19 heavy (non-hydrogen) atoms. The third-order valence-electron chi connectivity index (χ3n) is 3.36. The molecule has 6 heteroatoms. The topological polar surface area (TPSA) is 81.6 Å². The van der Waals surface area contributed by atoms with E-state index in [4.69, 9.17) is 4.74 Å². The number of hydrogen-bond acceptors (Lipinski definition) is 5. The summed E-state index contributed by atoms with van der Waals surface area (Å²) in [4.78, 5) is 9.22. The lowest BCUT2D eigenvalue weighted by atomic mass is 10.0. The summed E-state index contributed by atoms with van der Waals surface area (Å²) in [7, 11) is 0. The molecule has 2 rings (SSSR count). The van der Waals surface area contributed by atoms with Gasteiger partial charge in [-0.05, 0) is 5.92 Å². The van der Waals surface area contributed by atoms with Gasteiger partial charge in [0.05, 0.1) is 31.7 Å². The Labute approximate surface area is 113 Å². The van der Waals surface area contributed by atoms with Gasteiger partial charge < -0.3 is 19.9 Å². The predicted molar refractivity (Wildman–Crippen MR) is 70.5 cm³/mol. The van der Waals surface area contributed by atoms with Crippen LogP contribution in [0.1, 0.15) is 19.5 Å². The fourth-order valence-electron chi connectivity index (χ4n) is 2.46. The third-order valence-corrected chi connectivity index (χ3v) is 3.36. The van der Waals surface area contributed by atoms with Gasteiger partial charge in [0.25, 0.3) is 0 Å². The van der Waals surface area contributed by atoms with Crippen LogP contribution >= 0.6 is 0 Å². The zero-order valence-corrected chi connectivity index (χ0v) is 11.5. The number of nitrogens with one attached hydrogen (secondary N) is 1. The molecule has 2 heterocycles. The standard InChI is InChI=1S/C13H23N3O3/c1-9(2)4-16(5-10-3-14-8-15-10)11-6-19-7-12(17)13(11)18/h3,8-9,11-13,17-18H,4-7H2,1-2H3,(H,14,15)/t11-,12-,13+/m1/s1. The van der Waals surface area contributed by atoms with Gasteiger partial charge in [-0.25, -0.2) is 4.98 Å². The molecular weight excluding hydrogens is 246 g/mol. The average molecular weight is 269 g/mol. The predicted octanol–water partition coefficient (Wildman–Crippen LogP) is -0.0117. The van der Waals surface area contributed by atoms with E-state index in [2.05, 4.69) is 28.7 Å².